The molecule has 0 amide bonds. The molecule has 2 aromatic heterocycles. The number of halogens is 1. The van der Waals surface area contributed by atoms with Crippen molar-refractivity contribution >= 4 is 27.2 Å². The molecule has 0 saturated heterocycles. The third-order valence-electron chi connectivity index (χ3n) is 4.97. The first-order valence-corrected chi connectivity index (χ1v) is 9.73. The summed E-state index contributed by atoms with van der Waals surface area (Å²) in [5.41, 5.74) is 1.72. The fourth-order valence-electron chi connectivity index (χ4n) is 3.65. The second-order valence-corrected chi connectivity index (χ2v) is 7.75. The van der Waals surface area contributed by atoms with E-state index in [4.69, 9.17) is 4.98 Å². The molecule has 0 atom stereocenters. The highest BCUT2D eigenvalue weighted by Crippen LogP contribution is 2.34. The fourth-order valence-corrected chi connectivity index (χ4v) is 4.92. The topological polar surface area (TPSA) is 78.0 Å². The van der Waals surface area contributed by atoms with Gasteiger partial charge in [0.2, 0.25) is 0 Å². The Morgan fingerprint density at radius 2 is 1.96 bits per heavy atom. The van der Waals surface area contributed by atoms with Crippen LogP contribution in [0, 0.1) is 10.1 Å². The summed E-state index contributed by atoms with van der Waals surface area (Å²) in [6.45, 7) is -0.679. The molecule has 0 fully saturated rings. The smallest absolute Gasteiger partial charge is 0.269 e. The Morgan fingerprint density at radius 1 is 1.22 bits per heavy atom. The van der Waals surface area contributed by atoms with E-state index in [1.807, 2.05) is 0 Å². The van der Waals surface area contributed by atoms with Crippen LogP contribution >= 0.6 is 11.3 Å². The van der Waals surface area contributed by atoms with Gasteiger partial charge in [-0.2, -0.15) is 0 Å². The van der Waals surface area contributed by atoms with Crippen molar-refractivity contribution in [3.63, 3.8) is 0 Å². The molecule has 1 aliphatic rings. The first-order chi connectivity index (χ1) is 13.1. The van der Waals surface area contributed by atoms with Crippen molar-refractivity contribution < 1.29 is 9.31 Å². The van der Waals surface area contributed by atoms with E-state index in [0.29, 0.717) is 17.6 Å². The van der Waals surface area contributed by atoms with Gasteiger partial charge in [-0.25, -0.2) is 9.37 Å². The minimum Gasteiger partial charge on any atom is -0.293 e. The molecular weight excluding hydrogens is 369 g/mol. The number of hydrogen-bond acceptors (Lipinski definition) is 5. The molecule has 4 rings (SSSR count). The maximum absolute atomic E-state index is 13.1. The van der Waals surface area contributed by atoms with Gasteiger partial charge in [0.1, 0.15) is 17.3 Å². The van der Waals surface area contributed by atoms with Gasteiger partial charge in [-0.05, 0) is 36.8 Å². The highest BCUT2D eigenvalue weighted by Gasteiger charge is 2.22. The summed E-state index contributed by atoms with van der Waals surface area (Å²) in [5, 5.41) is 11.5. The Labute approximate surface area is 158 Å². The van der Waals surface area contributed by atoms with E-state index in [9.17, 15) is 19.3 Å². The van der Waals surface area contributed by atoms with Crippen LogP contribution < -0.4 is 5.56 Å². The minimum absolute atomic E-state index is 0.00856. The second kappa shape index (κ2) is 7.19. The number of alkyl halides is 1. The second-order valence-electron chi connectivity index (χ2n) is 6.67. The normalized spacial score (nSPS) is 13.7. The zero-order chi connectivity index (χ0) is 19.0. The van der Waals surface area contributed by atoms with Crippen LogP contribution in [0.15, 0.2) is 29.1 Å². The Bertz CT molecular complexity index is 1070. The summed E-state index contributed by atoms with van der Waals surface area (Å²) in [5.74, 6) is 0.498. The molecule has 3 aromatic rings. The molecule has 0 spiro atoms. The first kappa shape index (κ1) is 17.8. The zero-order valence-corrected chi connectivity index (χ0v) is 15.4. The highest BCUT2D eigenvalue weighted by atomic mass is 32.1. The number of nitrogens with zero attached hydrogens (tertiary/aromatic N) is 3. The molecule has 0 radical (unpaired) electrons. The lowest BCUT2D eigenvalue weighted by Crippen LogP contribution is -2.26. The summed E-state index contributed by atoms with van der Waals surface area (Å²) in [6.07, 6.45) is 4.35. The van der Waals surface area contributed by atoms with Crippen LogP contribution in [0.5, 0.6) is 0 Å². The lowest BCUT2D eigenvalue weighted by molar-refractivity contribution is -0.384. The number of nitro benzene ring substituents is 1. The zero-order valence-electron chi connectivity index (χ0n) is 14.6. The molecule has 140 valence electrons. The maximum Gasteiger partial charge on any atom is 0.269 e. The predicted octanol–water partition coefficient (Wildman–Crippen LogP) is 3.81. The average Bonchev–Trinajstić information content (AvgIpc) is 3.03. The Balaban J connectivity index is 1.80. The van der Waals surface area contributed by atoms with E-state index in [1.165, 1.54) is 21.6 Å². The molecular formula is C19H18FN3O3S. The summed E-state index contributed by atoms with van der Waals surface area (Å²) in [4.78, 5) is 30.1. The third kappa shape index (κ3) is 3.25. The number of benzene rings is 1. The van der Waals surface area contributed by atoms with Gasteiger partial charge in [0, 0.05) is 23.4 Å². The maximum atomic E-state index is 13.1. The molecule has 27 heavy (non-hydrogen) atoms. The number of aryl methyl sites for hydroxylation is 2. The van der Waals surface area contributed by atoms with Crippen molar-refractivity contribution in [1.29, 1.82) is 0 Å². The number of thiophene rings is 1. The lowest BCUT2D eigenvalue weighted by atomic mass is 9.97. The number of fused-ring (bicyclic) bond motifs is 3. The van der Waals surface area contributed by atoms with Gasteiger partial charge >= 0.3 is 0 Å². The van der Waals surface area contributed by atoms with E-state index in [-0.39, 0.29) is 17.8 Å². The summed E-state index contributed by atoms with van der Waals surface area (Å²) < 4.78 is 14.5. The van der Waals surface area contributed by atoms with Crippen LogP contribution in [0.4, 0.5) is 10.1 Å². The Kier molecular flexibility index (Phi) is 4.73. The van der Waals surface area contributed by atoms with Crippen molar-refractivity contribution in [3.8, 4) is 0 Å². The molecule has 6 nitrogen and oxygen atoms in total. The molecule has 0 bridgehead atoms. The Hall–Kier alpha value is -2.61. The minimum atomic E-state index is -0.646. The molecule has 2 heterocycles. The van der Waals surface area contributed by atoms with E-state index in [2.05, 4.69) is 0 Å². The van der Waals surface area contributed by atoms with Gasteiger partial charge < -0.3 is 0 Å². The molecule has 0 N–H and O–H groups in total. The van der Waals surface area contributed by atoms with Crippen molar-refractivity contribution in [2.24, 2.45) is 0 Å². The number of rotatable bonds is 5. The van der Waals surface area contributed by atoms with Crippen LogP contribution in [0.3, 0.4) is 0 Å². The van der Waals surface area contributed by atoms with Crippen LogP contribution in [0.1, 0.15) is 34.7 Å². The van der Waals surface area contributed by atoms with Crippen molar-refractivity contribution in [3.05, 3.63) is 66.6 Å². The Morgan fingerprint density at radius 3 is 2.67 bits per heavy atom. The van der Waals surface area contributed by atoms with Gasteiger partial charge in [-0.1, -0.05) is 12.1 Å². The van der Waals surface area contributed by atoms with Crippen LogP contribution in [0.2, 0.25) is 0 Å². The molecule has 0 aliphatic heterocycles. The third-order valence-corrected chi connectivity index (χ3v) is 6.16. The molecule has 0 unspecified atom stereocenters. The van der Waals surface area contributed by atoms with Gasteiger partial charge in [0.25, 0.3) is 11.2 Å². The number of non-ortho nitro benzene ring substituents is 1. The molecule has 8 heteroatoms. The van der Waals surface area contributed by atoms with Crippen molar-refractivity contribution in [2.45, 2.75) is 38.6 Å². The number of aromatic nitrogens is 2. The van der Waals surface area contributed by atoms with Gasteiger partial charge in [0.15, 0.2) is 0 Å². The molecule has 0 saturated carbocycles. The van der Waals surface area contributed by atoms with Crippen molar-refractivity contribution in [1.82, 2.24) is 9.55 Å². The summed E-state index contributed by atoms with van der Waals surface area (Å²) in [6, 6.07) is 6.14. The summed E-state index contributed by atoms with van der Waals surface area (Å²) >= 11 is 1.56. The predicted molar refractivity (Wildman–Crippen MR) is 102 cm³/mol. The first-order valence-electron chi connectivity index (χ1n) is 8.91. The van der Waals surface area contributed by atoms with Gasteiger partial charge in [-0.15, -0.1) is 11.3 Å². The van der Waals surface area contributed by atoms with Crippen LogP contribution in [-0.2, 0) is 25.8 Å². The summed E-state index contributed by atoms with van der Waals surface area (Å²) in [7, 11) is 0. The van der Waals surface area contributed by atoms with Gasteiger partial charge in [0.05, 0.1) is 16.9 Å². The van der Waals surface area contributed by atoms with E-state index >= 15 is 0 Å². The largest absolute Gasteiger partial charge is 0.293 e. The number of hydrogen-bond donors (Lipinski definition) is 0. The number of nitro groups is 1. The van der Waals surface area contributed by atoms with Crippen LogP contribution in [-0.4, -0.2) is 21.1 Å². The van der Waals surface area contributed by atoms with Gasteiger partial charge in [-0.3, -0.25) is 19.5 Å². The molecule has 1 aliphatic carbocycles. The van der Waals surface area contributed by atoms with E-state index < -0.39 is 11.6 Å². The van der Waals surface area contributed by atoms with Crippen molar-refractivity contribution in [2.75, 3.05) is 6.67 Å². The quantitative estimate of drug-likeness (QED) is 0.493. The SMILES string of the molecule is O=c1c2c3c(sc2nc(Cc2ccc([N+](=O)[O-])cc2)n1CCF)CCCC3. The molecule has 1 aromatic carbocycles. The van der Waals surface area contributed by atoms with E-state index in [0.717, 1.165) is 41.6 Å². The lowest BCUT2D eigenvalue weighted by Gasteiger charge is -2.13. The van der Waals surface area contributed by atoms with Crippen LogP contribution in [0.25, 0.3) is 10.2 Å². The fraction of sp³-hybridized carbons (Fsp3) is 0.368. The average molecular weight is 387 g/mol. The monoisotopic (exact) mass is 387 g/mol. The standard InChI is InChI=1S/C19H18FN3O3S/c20-9-10-22-16(11-12-5-7-13(8-6-12)23(25)26)21-18-17(19(22)24)14-3-1-2-4-15(14)27-18/h5-8H,1-4,9-11H2. The highest BCUT2D eigenvalue weighted by molar-refractivity contribution is 7.18. The van der Waals surface area contributed by atoms with E-state index in [1.54, 1.807) is 23.5 Å².